The van der Waals surface area contributed by atoms with Gasteiger partial charge in [-0.15, -0.1) is 0 Å². The molecule has 174 valence electrons. The van der Waals surface area contributed by atoms with E-state index in [0.717, 1.165) is 30.8 Å². The molecule has 9 heteroatoms. The first-order valence-electron chi connectivity index (χ1n) is 10.8. The minimum absolute atomic E-state index is 0.0539. The highest BCUT2D eigenvalue weighted by Gasteiger charge is 2.20. The highest BCUT2D eigenvalue weighted by atomic mass is 35.5. The van der Waals surface area contributed by atoms with Crippen molar-refractivity contribution in [2.45, 2.75) is 32.4 Å². The van der Waals surface area contributed by atoms with Gasteiger partial charge < -0.3 is 19.9 Å². The Bertz CT molecular complexity index is 1210. The van der Waals surface area contributed by atoms with Gasteiger partial charge in [0.25, 0.3) is 5.56 Å². The Labute approximate surface area is 201 Å². The van der Waals surface area contributed by atoms with Gasteiger partial charge in [0.2, 0.25) is 0 Å². The number of nitrogens with zero attached hydrogens (tertiary/aromatic N) is 3. The maximum Gasteiger partial charge on any atom is 0.250 e. The average molecular weight is 491 g/mol. The summed E-state index contributed by atoms with van der Waals surface area (Å²) in [4.78, 5) is 19.0. The van der Waals surface area contributed by atoms with Crippen LogP contribution in [0, 0.1) is 5.82 Å². The molecule has 0 aliphatic carbocycles. The summed E-state index contributed by atoms with van der Waals surface area (Å²) >= 11 is 12.3. The van der Waals surface area contributed by atoms with Crippen LogP contribution in [0.15, 0.2) is 47.5 Å². The predicted octanol–water partition coefficient (Wildman–Crippen LogP) is 5.17. The van der Waals surface area contributed by atoms with Crippen molar-refractivity contribution in [2.24, 2.45) is 0 Å². The maximum atomic E-state index is 13.9. The van der Waals surface area contributed by atoms with E-state index in [0.29, 0.717) is 22.9 Å². The summed E-state index contributed by atoms with van der Waals surface area (Å²) in [6.45, 7) is 5.32. The van der Waals surface area contributed by atoms with Gasteiger partial charge in [0.05, 0.1) is 5.02 Å². The van der Waals surface area contributed by atoms with Crippen LogP contribution in [0.5, 0.6) is 5.75 Å². The monoisotopic (exact) mass is 490 g/mol. The Morgan fingerprint density at radius 2 is 1.91 bits per heavy atom. The molecular formula is C24H25Cl2FN4O2. The summed E-state index contributed by atoms with van der Waals surface area (Å²) in [6, 6.07) is 7.67. The lowest BCUT2D eigenvalue weighted by atomic mass is 10.1. The molecule has 3 heterocycles. The van der Waals surface area contributed by atoms with E-state index >= 15 is 0 Å². The number of anilines is 1. The fraction of sp³-hybridized carbons (Fsp3) is 0.333. The Morgan fingerprint density at radius 3 is 2.67 bits per heavy atom. The van der Waals surface area contributed by atoms with Crippen molar-refractivity contribution in [2.75, 3.05) is 25.4 Å². The number of ether oxygens (including phenoxy) is 1. The third-order valence-corrected chi connectivity index (χ3v) is 6.56. The van der Waals surface area contributed by atoms with Crippen LogP contribution in [0.25, 0.3) is 11.1 Å². The van der Waals surface area contributed by atoms with Gasteiger partial charge in [-0.25, -0.2) is 9.37 Å². The number of hydrogen-bond donors (Lipinski definition) is 1. The molecule has 6 nitrogen and oxygen atoms in total. The zero-order chi connectivity index (χ0) is 23.5. The fourth-order valence-corrected chi connectivity index (χ4v) is 4.68. The zero-order valence-corrected chi connectivity index (χ0v) is 19.7. The van der Waals surface area contributed by atoms with Crippen LogP contribution in [0.3, 0.4) is 0 Å². The van der Waals surface area contributed by atoms with Gasteiger partial charge in [-0.05, 0) is 62.7 Å². The SMILES string of the molecule is CC(Oc1cc(-c2ccc(=O)n(CCN3CCCC3)c2)cnc1N)c1c(Cl)ccc(F)c1Cl. The van der Waals surface area contributed by atoms with E-state index in [1.807, 2.05) is 6.20 Å². The number of rotatable bonds is 7. The van der Waals surface area contributed by atoms with E-state index < -0.39 is 11.9 Å². The van der Waals surface area contributed by atoms with Crippen molar-refractivity contribution in [1.82, 2.24) is 14.5 Å². The van der Waals surface area contributed by atoms with Crippen LogP contribution in [0.4, 0.5) is 10.2 Å². The summed E-state index contributed by atoms with van der Waals surface area (Å²) in [5, 5.41) is 0.199. The van der Waals surface area contributed by atoms with E-state index in [4.69, 9.17) is 33.7 Å². The Kier molecular flexibility index (Phi) is 7.22. The number of nitrogen functional groups attached to an aromatic ring is 1. The summed E-state index contributed by atoms with van der Waals surface area (Å²) in [5.74, 6) is -0.0923. The molecule has 1 aliphatic rings. The highest BCUT2D eigenvalue weighted by Crippen LogP contribution is 2.36. The standard InChI is InChI=1S/C24H25Cl2FN4O2/c1-15(22-18(25)5-6-19(27)23(22)26)33-20-12-17(13-29-24(20)28)16-4-7-21(32)31(14-16)11-10-30-8-2-3-9-30/h4-7,12-15H,2-3,8-11H2,1H3,(H2,28,29). The van der Waals surface area contributed by atoms with Crippen molar-refractivity contribution >= 4 is 29.0 Å². The number of halogens is 3. The van der Waals surface area contributed by atoms with E-state index in [-0.39, 0.29) is 16.4 Å². The molecule has 0 radical (unpaired) electrons. The summed E-state index contributed by atoms with van der Waals surface area (Å²) in [6.07, 6.45) is 5.19. The van der Waals surface area contributed by atoms with Gasteiger partial charge in [0.15, 0.2) is 11.6 Å². The molecule has 1 atom stereocenters. The minimum atomic E-state index is -0.672. The molecule has 0 amide bonds. The summed E-state index contributed by atoms with van der Waals surface area (Å²) in [5.41, 5.74) is 7.85. The van der Waals surface area contributed by atoms with Gasteiger partial charge in [0.1, 0.15) is 11.9 Å². The molecule has 4 rings (SSSR count). The molecule has 0 bridgehead atoms. The molecule has 0 saturated carbocycles. The quantitative estimate of drug-likeness (QED) is 0.462. The molecule has 0 spiro atoms. The zero-order valence-electron chi connectivity index (χ0n) is 18.2. The Hall–Kier alpha value is -2.61. The van der Waals surface area contributed by atoms with Crippen LogP contribution >= 0.6 is 23.2 Å². The van der Waals surface area contributed by atoms with Gasteiger partial charge >= 0.3 is 0 Å². The van der Waals surface area contributed by atoms with Crippen LogP contribution in [0.2, 0.25) is 10.0 Å². The molecule has 2 aromatic heterocycles. The number of benzene rings is 1. The lowest BCUT2D eigenvalue weighted by Gasteiger charge is -2.19. The molecule has 1 saturated heterocycles. The van der Waals surface area contributed by atoms with Gasteiger partial charge in [-0.2, -0.15) is 0 Å². The molecular weight excluding hydrogens is 466 g/mol. The van der Waals surface area contributed by atoms with Crippen LogP contribution in [0.1, 0.15) is 31.4 Å². The lowest BCUT2D eigenvalue weighted by Crippen LogP contribution is -2.28. The number of hydrogen-bond acceptors (Lipinski definition) is 5. The van der Waals surface area contributed by atoms with Crippen molar-refractivity contribution in [3.8, 4) is 16.9 Å². The largest absolute Gasteiger partial charge is 0.482 e. The van der Waals surface area contributed by atoms with Crippen LogP contribution in [-0.2, 0) is 6.54 Å². The van der Waals surface area contributed by atoms with Crippen LogP contribution < -0.4 is 16.0 Å². The fourth-order valence-electron chi connectivity index (χ4n) is 4.00. The normalized spacial score (nSPS) is 15.0. The summed E-state index contributed by atoms with van der Waals surface area (Å²) in [7, 11) is 0. The summed E-state index contributed by atoms with van der Waals surface area (Å²) < 4.78 is 21.6. The van der Waals surface area contributed by atoms with Crippen molar-refractivity contribution in [3.63, 3.8) is 0 Å². The van der Waals surface area contributed by atoms with Gasteiger partial charge in [0, 0.05) is 47.7 Å². The molecule has 1 fully saturated rings. The highest BCUT2D eigenvalue weighted by molar-refractivity contribution is 6.36. The molecule has 1 aromatic carbocycles. The molecule has 1 unspecified atom stereocenters. The second kappa shape index (κ2) is 10.1. The van der Waals surface area contributed by atoms with Gasteiger partial charge in [-0.1, -0.05) is 23.2 Å². The molecule has 33 heavy (non-hydrogen) atoms. The molecule has 2 N–H and O–H groups in total. The van der Waals surface area contributed by atoms with Crippen LogP contribution in [-0.4, -0.2) is 34.1 Å². The van der Waals surface area contributed by atoms with Crippen molar-refractivity contribution in [1.29, 1.82) is 0 Å². The van der Waals surface area contributed by atoms with E-state index in [9.17, 15) is 9.18 Å². The average Bonchev–Trinajstić information content (AvgIpc) is 3.31. The van der Waals surface area contributed by atoms with Crippen molar-refractivity contribution < 1.29 is 9.13 Å². The first-order chi connectivity index (χ1) is 15.8. The Morgan fingerprint density at radius 1 is 1.15 bits per heavy atom. The minimum Gasteiger partial charge on any atom is -0.482 e. The number of aromatic nitrogens is 2. The number of nitrogens with two attached hydrogens (primary N) is 1. The Balaban J connectivity index is 1.58. The number of likely N-dealkylation sites (tertiary alicyclic amines) is 1. The topological polar surface area (TPSA) is 73.4 Å². The second-order valence-corrected chi connectivity index (χ2v) is 8.91. The van der Waals surface area contributed by atoms with Crippen molar-refractivity contribution in [3.05, 3.63) is 74.5 Å². The van der Waals surface area contributed by atoms with Gasteiger partial charge in [-0.3, -0.25) is 4.79 Å². The smallest absolute Gasteiger partial charge is 0.250 e. The van der Waals surface area contributed by atoms with E-state index in [1.165, 1.54) is 25.0 Å². The third kappa shape index (κ3) is 5.32. The first kappa shape index (κ1) is 23.5. The second-order valence-electron chi connectivity index (χ2n) is 8.12. The van der Waals surface area contributed by atoms with E-state index in [1.54, 1.807) is 35.9 Å². The number of pyridine rings is 2. The lowest BCUT2D eigenvalue weighted by molar-refractivity contribution is 0.227. The maximum absolute atomic E-state index is 13.9. The predicted molar refractivity (Wildman–Crippen MR) is 129 cm³/mol. The molecule has 3 aromatic rings. The third-order valence-electron chi connectivity index (χ3n) is 5.84. The molecule has 1 aliphatic heterocycles. The van der Waals surface area contributed by atoms with E-state index in [2.05, 4.69) is 9.88 Å². The first-order valence-corrected chi connectivity index (χ1v) is 11.6.